The van der Waals surface area contributed by atoms with E-state index in [1.165, 1.54) is 6.07 Å². The Morgan fingerprint density at radius 2 is 2.00 bits per heavy atom. The number of fused-ring (bicyclic) bond motifs is 1. The molecule has 0 aliphatic rings. The number of rotatable bonds is 1. The minimum absolute atomic E-state index is 0.0661. The van der Waals surface area contributed by atoms with Crippen molar-refractivity contribution in [1.29, 1.82) is 0 Å². The first-order valence-corrected chi connectivity index (χ1v) is 4.86. The molecule has 0 radical (unpaired) electrons. The molecule has 5 heteroatoms. The average Bonchev–Trinajstić information content (AvgIpc) is 2.16. The summed E-state index contributed by atoms with van der Waals surface area (Å²) in [7, 11) is 0. The van der Waals surface area contributed by atoms with E-state index < -0.39 is 5.24 Å². The molecule has 0 saturated heterocycles. The van der Waals surface area contributed by atoms with E-state index in [1.54, 1.807) is 18.2 Å². The maximum absolute atomic E-state index is 11.5. The summed E-state index contributed by atoms with van der Waals surface area (Å²) in [6.45, 7) is 0. The summed E-state index contributed by atoms with van der Waals surface area (Å²) < 4.78 is 0. The maximum Gasteiger partial charge on any atom is 0.268 e. The van der Waals surface area contributed by atoms with E-state index in [4.69, 9.17) is 23.2 Å². The lowest BCUT2D eigenvalue weighted by Gasteiger charge is -2.00. The Morgan fingerprint density at radius 3 is 2.67 bits per heavy atom. The van der Waals surface area contributed by atoms with E-state index in [-0.39, 0.29) is 11.1 Å². The highest BCUT2D eigenvalue weighted by molar-refractivity contribution is 6.67. The second-order valence-corrected chi connectivity index (χ2v) is 3.79. The number of nitrogens with one attached hydrogen (secondary N) is 1. The van der Waals surface area contributed by atoms with E-state index in [1.807, 2.05) is 0 Å². The Hall–Kier alpha value is -1.32. The number of carbonyl (C=O) groups is 1. The van der Waals surface area contributed by atoms with Crippen LogP contribution in [0.2, 0.25) is 5.02 Å². The summed E-state index contributed by atoms with van der Waals surface area (Å²) in [5.41, 5.74) is 0.305. The van der Waals surface area contributed by atoms with Crippen molar-refractivity contribution in [3.05, 3.63) is 45.2 Å². The van der Waals surface area contributed by atoms with Crippen LogP contribution in [0, 0.1) is 0 Å². The van der Waals surface area contributed by atoms with Gasteiger partial charge in [-0.1, -0.05) is 11.6 Å². The van der Waals surface area contributed by atoms with Gasteiger partial charge in [-0.25, -0.2) is 0 Å². The van der Waals surface area contributed by atoms with Crippen molar-refractivity contribution >= 4 is 39.3 Å². The molecule has 0 fully saturated rings. The molecule has 0 amide bonds. The lowest BCUT2D eigenvalue weighted by molar-refractivity contribution is 0.107. The van der Waals surface area contributed by atoms with Crippen molar-refractivity contribution in [3.8, 4) is 0 Å². The van der Waals surface area contributed by atoms with Gasteiger partial charge >= 0.3 is 0 Å². The van der Waals surface area contributed by atoms with Crippen LogP contribution in [-0.2, 0) is 0 Å². The van der Waals surface area contributed by atoms with E-state index in [9.17, 15) is 9.59 Å². The topological polar surface area (TPSA) is 49.9 Å². The van der Waals surface area contributed by atoms with Crippen LogP contribution in [0.3, 0.4) is 0 Å². The van der Waals surface area contributed by atoms with Crippen molar-refractivity contribution in [1.82, 2.24) is 4.98 Å². The fourth-order valence-corrected chi connectivity index (χ4v) is 1.60. The number of halogens is 2. The SMILES string of the molecule is O=C(Cl)c1cc(=O)c2ccc(Cl)cc2[nH]1. The summed E-state index contributed by atoms with van der Waals surface area (Å²) in [4.78, 5) is 25.2. The number of aromatic nitrogens is 1. The molecule has 0 atom stereocenters. The minimum atomic E-state index is -0.700. The number of benzene rings is 1. The Kier molecular flexibility index (Phi) is 2.50. The summed E-state index contributed by atoms with van der Waals surface area (Å²) in [6.07, 6.45) is 0. The van der Waals surface area contributed by atoms with Gasteiger partial charge in [0.25, 0.3) is 5.24 Å². The second kappa shape index (κ2) is 3.68. The van der Waals surface area contributed by atoms with Gasteiger partial charge in [-0.3, -0.25) is 9.59 Å². The molecule has 0 bridgehead atoms. The zero-order chi connectivity index (χ0) is 11.0. The van der Waals surface area contributed by atoms with Crippen LogP contribution in [0.15, 0.2) is 29.1 Å². The van der Waals surface area contributed by atoms with Gasteiger partial charge in [0.15, 0.2) is 5.43 Å². The van der Waals surface area contributed by atoms with Gasteiger partial charge in [0.2, 0.25) is 0 Å². The van der Waals surface area contributed by atoms with Gasteiger partial charge in [0, 0.05) is 16.5 Å². The number of aromatic amines is 1. The van der Waals surface area contributed by atoms with E-state index in [2.05, 4.69) is 4.98 Å². The molecule has 3 nitrogen and oxygen atoms in total. The van der Waals surface area contributed by atoms with E-state index >= 15 is 0 Å². The molecular formula is C10H5Cl2NO2. The quantitative estimate of drug-likeness (QED) is 0.781. The largest absolute Gasteiger partial charge is 0.351 e. The fourth-order valence-electron chi connectivity index (χ4n) is 1.33. The normalized spacial score (nSPS) is 10.5. The molecule has 1 aromatic carbocycles. The number of pyridine rings is 1. The van der Waals surface area contributed by atoms with Crippen LogP contribution in [0.25, 0.3) is 10.9 Å². The number of carbonyl (C=O) groups excluding carboxylic acids is 1. The Balaban J connectivity index is 2.85. The molecular weight excluding hydrogens is 237 g/mol. The standard InChI is InChI=1S/C10H5Cl2NO2/c11-5-1-2-6-7(3-5)13-8(10(12)15)4-9(6)14/h1-4H,(H,13,14). The van der Waals surface area contributed by atoms with Gasteiger partial charge < -0.3 is 4.98 Å². The van der Waals surface area contributed by atoms with E-state index in [0.29, 0.717) is 15.9 Å². The molecule has 0 spiro atoms. The first kappa shape index (κ1) is 10.2. The van der Waals surface area contributed by atoms with Crippen LogP contribution in [0.5, 0.6) is 0 Å². The molecule has 0 saturated carbocycles. The monoisotopic (exact) mass is 241 g/mol. The zero-order valence-electron chi connectivity index (χ0n) is 7.38. The van der Waals surface area contributed by atoms with Crippen molar-refractivity contribution in [2.45, 2.75) is 0 Å². The number of H-pyrrole nitrogens is 1. The first-order chi connectivity index (χ1) is 7.08. The fraction of sp³-hybridized carbons (Fsp3) is 0. The Bertz CT molecular complexity index is 604. The molecule has 76 valence electrons. The third kappa shape index (κ3) is 1.89. The summed E-state index contributed by atoms with van der Waals surface area (Å²) in [6, 6.07) is 5.95. The molecule has 1 aromatic heterocycles. The smallest absolute Gasteiger partial charge is 0.268 e. The van der Waals surface area contributed by atoms with Crippen LogP contribution >= 0.6 is 23.2 Å². The Labute approximate surface area is 94.6 Å². The average molecular weight is 242 g/mol. The van der Waals surface area contributed by atoms with Gasteiger partial charge in [-0.05, 0) is 29.8 Å². The van der Waals surface area contributed by atoms with Gasteiger partial charge in [0.05, 0.1) is 5.52 Å². The van der Waals surface area contributed by atoms with Crippen molar-refractivity contribution < 1.29 is 4.79 Å². The molecule has 0 aliphatic carbocycles. The maximum atomic E-state index is 11.5. The zero-order valence-corrected chi connectivity index (χ0v) is 8.89. The van der Waals surface area contributed by atoms with Crippen LogP contribution in [-0.4, -0.2) is 10.2 Å². The van der Waals surface area contributed by atoms with Gasteiger partial charge in [-0.15, -0.1) is 0 Å². The highest BCUT2D eigenvalue weighted by atomic mass is 35.5. The predicted molar refractivity (Wildman–Crippen MR) is 59.8 cm³/mol. The highest BCUT2D eigenvalue weighted by Crippen LogP contribution is 2.15. The molecule has 0 unspecified atom stereocenters. The number of hydrogen-bond acceptors (Lipinski definition) is 2. The first-order valence-electron chi connectivity index (χ1n) is 4.10. The van der Waals surface area contributed by atoms with E-state index in [0.717, 1.165) is 0 Å². The molecule has 15 heavy (non-hydrogen) atoms. The van der Waals surface area contributed by atoms with Crippen molar-refractivity contribution in [2.75, 3.05) is 0 Å². The second-order valence-electron chi connectivity index (χ2n) is 3.01. The van der Waals surface area contributed by atoms with Crippen molar-refractivity contribution in [3.63, 3.8) is 0 Å². The summed E-state index contributed by atoms with van der Waals surface area (Å²) >= 11 is 11.0. The molecule has 0 aliphatic heterocycles. The van der Waals surface area contributed by atoms with Crippen LogP contribution < -0.4 is 5.43 Å². The third-order valence-corrected chi connectivity index (χ3v) is 2.44. The van der Waals surface area contributed by atoms with Crippen LogP contribution in [0.1, 0.15) is 10.5 Å². The minimum Gasteiger partial charge on any atom is -0.351 e. The highest BCUT2D eigenvalue weighted by Gasteiger charge is 2.06. The van der Waals surface area contributed by atoms with Crippen LogP contribution in [0.4, 0.5) is 0 Å². The number of hydrogen-bond donors (Lipinski definition) is 1. The summed E-state index contributed by atoms with van der Waals surface area (Å²) in [5, 5.41) is 0.257. The van der Waals surface area contributed by atoms with Gasteiger partial charge in [0.1, 0.15) is 5.69 Å². The van der Waals surface area contributed by atoms with Crippen molar-refractivity contribution in [2.24, 2.45) is 0 Å². The lowest BCUT2D eigenvalue weighted by Crippen LogP contribution is -2.06. The third-order valence-electron chi connectivity index (χ3n) is 2.00. The lowest BCUT2D eigenvalue weighted by atomic mass is 10.2. The van der Waals surface area contributed by atoms with Gasteiger partial charge in [-0.2, -0.15) is 0 Å². The summed E-state index contributed by atoms with van der Waals surface area (Å²) in [5.74, 6) is 0. The Morgan fingerprint density at radius 1 is 1.27 bits per heavy atom. The molecule has 1 N–H and O–H groups in total. The molecule has 1 heterocycles. The molecule has 2 aromatic rings. The molecule has 2 rings (SSSR count). The predicted octanol–water partition coefficient (Wildman–Crippen LogP) is 2.56.